The second-order valence-corrected chi connectivity index (χ2v) is 8.97. The zero-order valence-electron chi connectivity index (χ0n) is 16.3. The van der Waals surface area contributed by atoms with Crippen molar-refractivity contribution >= 4 is 22.2 Å². The van der Waals surface area contributed by atoms with Crippen molar-refractivity contribution in [3.05, 3.63) is 54.2 Å². The number of hydrogen-bond acceptors (Lipinski definition) is 3. The minimum absolute atomic E-state index is 0.0153. The summed E-state index contributed by atoms with van der Waals surface area (Å²) in [5, 5.41) is 0. The molecule has 134 valence electrons. The monoisotopic (exact) mass is 349 g/mol. The average molecular weight is 349 g/mol. The van der Waals surface area contributed by atoms with E-state index in [4.69, 9.17) is 8.83 Å². The number of benzene rings is 2. The largest absolute Gasteiger partial charge is 0.436 e. The SMILES string of the molecule is CC(C)(C)c1cc(-[n+]2coc3cc(C(C)(C)C)ccc32)c2ocnc2c1. The first kappa shape index (κ1) is 16.8. The zero-order chi connectivity index (χ0) is 18.7. The number of fused-ring (bicyclic) bond motifs is 2. The maximum absolute atomic E-state index is 5.89. The Bertz CT molecular complexity index is 1100. The van der Waals surface area contributed by atoms with Crippen molar-refractivity contribution in [3.63, 3.8) is 0 Å². The van der Waals surface area contributed by atoms with E-state index in [-0.39, 0.29) is 10.8 Å². The summed E-state index contributed by atoms with van der Waals surface area (Å²) in [6.07, 6.45) is 3.25. The van der Waals surface area contributed by atoms with Crippen LogP contribution in [0.4, 0.5) is 0 Å². The van der Waals surface area contributed by atoms with E-state index < -0.39 is 0 Å². The molecule has 0 fully saturated rings. The summed E-state index contributed by atoms with van der Waals surface area (Å²) in [4.78, 5) is 4.38. The van der Waals surface area contributed by atoms with Crippen LogP contribution in [0.5, 0.6) is 0 Å². The van der Waals surface area contributed by atoms with Crippen LogP contribution >= 0.6 is 0 Å². The lowest BCUT2D eigenvalue weighted by molar-refractivity contribution is -0.572. The Labute approximate surface area is 153 Å². The standard InChI is InChI=1S/C22H25N2O2/c1-21(2,3)14-7-8-17-19(11-14)26-13-24(17)18-10-15(22(4,5)6)9-16-20(18)25-12-23-16/h7-13H,1-6H3/q+1. The summed E-state index contributed by atoms with van der Waals surface area (Å²) in [5.74, 6) is 0. The van der Waals surface area contributed by atoms with Crippen LogP contribution in [0, 0.1) is 0 Å². The highest BCUT2D eigenvalue weighted by atomic mass is 16.3. The van der Waals surface area contributed by atoms with Gasteiger partial charge >= 0.3 is 6.39 Å². The Hall–Kier alpha value is -2.62. The molecule has 0 radical (unpaired) electrons. The van der Waals surface area contributed by atoms with Crippen molar-refractivity contribution in [1.82, 2.24) is 4.98 Å². The van der Waals surface area contributed by atoms with Gasteiger partial charge in [-0.25, -0.2) is 4.98 Å². The summed E-state index contributed by atoms with van der Waals surface area (Å²) >= 11 is 0. The summed E-state index contributed by atoms with van der Waals surface area (Å²) in [6.45, 7) is 13.2. The Kier molecular flexibility index (Phi) is 3.52. The molecule has 2 aromatic heterocycles. The molecule has 2 aromatic carbocycles. The maximum Gasteiger partial charge on any atom is 0.341 e. The van der Waals surface area contributed by atoms with Gasteiger partial charge in [-0.05, 0) is 34.1 Å². The fraction of sp³-hybridized carbons (Fsp3) is 0.364. The van der Waals surface area contributed by atoms with Crippen LogP contribution in [0.2, 0.25) is 0 Å². The molecule has 0 atom stereocenters. The van der Waals surface area contributed by atoms with Crippen LogP contribution in [0.1, 0.15) is 52.7 Å². The quantitative estimate of drug-likeness (QED) is 0.429. The molecular formula is C22H25N2O2+. The lowest BCUT2D eigenvalue weighted by Gasteiger charge is -2.18. The van der Waals surface area contributed by atoms with Crippen LogP contribution in [-0.4, -0.2) is 4.98 Å². The Morgan fingerprint density at radius 1 is 0.846 bits per heavy atom. The minimum atomic E-state index is 0.0153. The highest BCUT2D eigenvalue weighted by molar-refractivity contribution is 5.81. The van der Waals surface area contributed by atoms with Gasteiger partial charge < -0.3 is 8.83 Å². The third-order valence-electron chi connectivity index (χ3n) is 4.91. The van der Waals surface area contributed by atoms with E-state index in [0.29, 0.717) is 0 Å². The molecule has 4 rings (SSSR count). The lowest BCUT2D eigenvalue weighted by Crippen LogP contribution is -2.29. The molecule has 0 N–H and O–H groups in total. The van der Waals surface area contributed by atoms with Gasteiger partial charge in [0, 0.05) is 12.1 Å². The van der Waals surface area contributed by atoms with Crippen LogP contribution < -0.4 is 4.57 Å². The molecule has 0 saturated heterocycles. The first-order chi connectivity index (χ1) is 12.1. The fourth-order valence-electron chi connectivity index (χ4n) is 3.19. The Morgan fingerprint density at radius 3 is 2.27 bits per heavy atom. The second-order valence-electron chi connectivity index (χ2n) is 8.97. The molecule has 0 unspecified atom stereocenters. The van der Waals surface area contributed by atoms with E-state index in [0.717, 1.165) is 27.9 Å². The third-order valence-corrected chi connectivity index (χ3v) is 4.91. The smallest absolute Gasteiger partial charge is 0.341 e. The van der Waals surface area contributed by atoms with E-state index in [1.165, 1.54) is 17.5 Å². The number of hydrogen-bond donors (Lipinski definition) is 0. The number of aromatic nitrogens is 2. The average Bonchev–Trinajstić information content (AvgIpc) is 3.18. The van der Waals surface area contributed by atoms with Crippen molar-refractivity contribution < 1.29 is 13.4 Å². The van der Waals surface area contributed by atoms with Crippen LogP contribution in [0.25, 0.3) is 27.9 Å². The molecular weight excluding hydrogens is 324 g/mol. The third kappa shape index (κ3) is 2.70. The van der Waals surface area contributed by atoms with Gasteiger partial charge in [0.2, 0.25) is 11.2 Å². The van der Waals surface area contributed by atoms with E-state index in [1.54, 1.807) is 6.39 Å². The van der Waals surface area contributed by atoms with E-state index in [2.05, 4.69) is 76.9 Å². The normalized spacial score (nSPS) is 13.0. The van der Waals surface area contributed by atoms with Crippen molar-refractivity contribution in [2.75, 3.05) is 0 Å². The van der Waals surface area contributed by atoms with Gasteiger partial charge in [0.05, 0.1) is 0 Å². The molecule has 0 saturated carbocycles. The molecule has 4 heteroatoms. The van der Waals surface area contributed by atoms with Gasteiger partial charge in [-0.15, -0.1) is 4.57 Å². The summed E-state index contributed by atoms with van der Waals surface area (Å²) < 4.78 is 13.6. The van der Waals surface area contributed by atoms with Crippen molar-refractivity contribution in [1.29, 1.82) is 0 Å². The predicted molar refractivity (Wildman–Crippen MR) is 103 cm³/mol. The lowest BCUT2D eigenvalue weighted by atomic mass is 9.86. The number of oxazole rings is 2. The van der Waals surface area contributed by atoms with Crippen LogP contribution in [0.3, 0.4) is 0 Å². The molecule has 2 heterocycles. The van der Waals surface area contributed by atoms with Gasteiger partial charge in [-0.3, -0.25) is 0 Å². The van der Waals surface area contributed by atoms with E-state index in [1.807, 2.05) is 4.57 Å². The maximum atomic E-state index is 5.89. The highest BCUT2D eigenvalue weighted by Crippen LogP contribution is 2.30. The van der Waals surface area contributed by atoms with Crippen LogP contribution in [0.15, 0.2) is 52.0 Å². The van der Waals surface area contributed by atoms with Gasteiger partial charge in [0.25, 0.3) is 11.2 Å². The Morgan fingerprint density at radius 2 is 1.58 bits per heavy atom. The molecule has 0 aliphatic carbocycles. The van der Waals surface area contributed by atoms with Gasteiger partial charge in [0.1, 0.15) is 5.52 Å². The molecule has 0 spiro atoms. The molecule has 0 aliphatic rings. The summed E-state index contributed by atoms with van der Waals surface area (Å²) in [6, 6.07) is 10.7. The highest BCUT2D eigenvalue weighted by Gasteiger charge is 2.26. The molecule has 0 bridgehead atoms. The van der Waals surface area contributed by atoms with Gasteiger partial charge in [-0.1, -0.05) is 47.6 Å². The van der Waals surface area contributed by atoms with Gasteiger partial charge in [-0.2, -0.15) is 0 Å². The summed E-state index contributed by atoms with van der Waals surface area (Å²) in [7, 11) is 0. The molecule has 0 amide bonds. The topological polar surface area (TPSA) is 43.0 Å². The van der Waals surface area contributed by atoms with Gasteiger partial charge in [0.15, 0.2) is 6.39 Å². The molecule has 4 nitrogen and oxygen atoms in total. The zero-order valence-corrected chi connectivity index (χ0v) is 16.3. The fourth-order valence-corrected chi connectivity index (χ4v) is 3.19. The number of rotatable bonds is 1. The minimum Gasteiger partial charge on any atom is -0.436 e. The first-order valence-electron chi connectivity index (χ1n) is 8.96. The number of nitrogens with zero attached hydrogens (tertiary/aromatic N) is 2. The summed E-state index contributed by atoms with van der Waals surface area (Å²) in [5.41, 5.74) is 7.02. The molecule has 26 heavy (non-hydrogen) atoms. The second kappa shape index (κ2) is 5.44. The van der Waals surface area contributed by atoms with E-state index >= 15 is 0 Å². The van der Waals surface area contributed by atoms with Crippen molar-refractivity contribution in [2.24, 2.45) is 0 Å². The molecule has 4 aromatic rings. The Balaban J connectivity index is 1.97. The van der Waals surface area contributed by atoms with Crippen molar-refractivity contribution in [3.8, 4) is 5.69 Å². The van der Waals surface area contributed by atoms with E-state index in [9.17, 15) is 0 Å². The van der Waals surface area contributed by atoms with Crippen LogP contribution in [-0.2, 0) is 10.8 Å². The predicted octanol–water partition coefficient (Wildman–Crippen LogP) is 5.45. The molecule has 0 aliphatic heterocycles. The first-order valence-corrected chi connectivity index (χ1v) is 8.96. The van der Waals surface area contributed by atoms with Crippen molar-refractivity contribution in [2.45, 2.75) is 52.4 Å².